The van der Waals surface area contributed by atoms with E-state index in [1.54, 1.807) is 25.4 Å². The van der Waals surface area contributed by atoms with E-state index in [1.807, 2.05) is 48.7 Å². The van der Waals surface area contributed by atoms with Crippen molar-refractivity contribution in [2.45, 2.75) is 39.7 Å². The zero-order valence-electron chi connectivity index (χ0n) is 20.0. The van der Waals surface area contributed by atoms with Gasteiger partial charge >= 0.3 is 5.97 Å². The fraction of sp³-hybridized carbons (Fsp3) is 0.214. The van der Waals surface area contributed by atoms with Gasteiger partial charge in [-0.2, -0.15) is 0 Å². The van der Waals surface area contributed by atoms with Crippen LogP contribution in [0.2, 0.25) is 0 Å². The molecule has 3 heterocycles. The number of carbonyl (C=O) groups excluding carboxylic acids is 1. The monoisotopic (exact) mass is 468 g/mol. The molecule has 0 aliphatic carbocycles. The Balaban J connectivity index is 1.98. The molecule has 0 aliphatic heterocycles. The van der Waals surface area contributed by atoms with E-state index in [0.717, 1.165) is 34.3 Å². The number of hydrogen-bond donors (Lipinski definition) is 2. The quantitative estimate of drug-likeness (QED) is 0.352. The van der Waals surface area contributed by atoms with E-state index >= 15 is 0 Å². The highest BCUT2D eigenvalue weighted by Gasteiger charge is 2.21. The van der Waals surface area contributed by atoms with Gasteiger partial charge in [-0.3, -0.25) is 19.6 Å². The molecule has 0 aliphatic rings. The van der Waals surface area contributed by atoms with Gasteiger partial charge in [-0.25, -0.2) is 0 Å². The zero-order valence-corrected chi connectivity index (χ0v) is 20.0. The summed E-state index contributed by atoms with van der Waals surface area (Å²) in [6.45, 7) is 5.31. The largest absolute Gasteiger partial charge is 0.481 e. The third-order valence-electron chi connectivity index (χ3n) is 6.05. The number of benzene rings is 1. The van der Waals surface area contributed by atoms with Crippen LogP contribution in [0.4, 0.5) is 0 Å². The van der Waals surface area contributed by atoms with Gasteiger partial charge in [0.05, 0.1) is 29.2 Å². The van der Waals surface area contributed by atoms with E-state index < -0.39 is 5.97 Å². The second kappa shape index (κ2) is 9.93. The Bertz CT molecular complexity index is 1430. The number of nitrogens with two attached hydrogens (primary N) is 1. The number of nitrogens with zero attached hydrogens (tertiary/aromatic N) is 3. The van der Waals surface area contributed by atoms with E-state index in [1.165, 1.54) is 6.92 Å². The molecule has 1 aromatic carbocycles. The van der Waals surface area contributed by atoms with Crippen LogP contribution in [0.1, 0.15) is 50.1 Å². The molecule has 0 bridgehead atoms. The number of fused-ring (bicyclic) bond motifs is 1. The molecule has 178 valence electrons. The number of hydrogen-bond acceptors (Lipinski definition) is 5. The lowest BCUT2D eigenvalue weighted by molar-refractivity contribution is -0.136. The van der Waals surface area contributed by atoms with Crippen LogP contribution in [0, 0.1) is 0 Å². The first-order valence-corrected chi connectivity index (χ1v) is 11.5. The molecule has 0 spiro atoms. The fourth-order valence-corrected chi connectivity index (χ4v) is 4.59. The molecule has 4 rings (SSSR count). The normalized spacial score (nSPS) is 12.9. The Labute approximate surface area is 204 Å². The van der Waals surface area contributed by atoms with Crippen LogP contribution in [0.5, 0.6) is 0 Å². The summed E-state index contributed by atoms with van der Waals surface area (Å²) >= 11 is 0. The predicted octanol–water partition coefficient (Wildman–Crippen LogP) is 5.00. The minimum absolute atomic E-state index is 0.0574. The molecule has 7 heteroatoms. The lowest BCUT2D eigenvalue weighted by Crippen LogP contribution is -2.11. The number of allylic oxidation sites excluding steroid dienone is 2. The molecule has 0 unspecified atom stereocenters. The van der Waals surface area contributed by atoms with Gasteiger partial charge in [0, 0.05) is 41.0 Å². The molecule has 0 fully saturated rings. The highest BCUT2D eigenvalue weighted by atomic mass is 16.4. The van der Waals surface area contributed by atoms with Crippen LogP contribution in [0.25, 0.3) is 27.7 Å². The number of carboxylic acid groups (broad SMARTS) is 1. The Morgan fingerprint density at radius 3 is 2.51 bits per heavy atom. The topological polar surface area (TPSA) is 111 Å². The maximum atomic E-state index is 12.3. The van der Waals surface area contributed by atoms with Gasteiger partial charge in [0.25, 0.3) is 0 Å². The number of aliphatic carboxylic acids is 1. The molecule has 0 saturated carbocycles. The molecule has 3 N–H and O–H groups in total. The Hall–Kier alpha value is -4.26. The van der Waals surface area contributed by atoms with Gasteiger partial charge in [-0.05, 0) is 49.6 Å². The van der Waals surface area contributed by atoms with Crippen LogP contribution < -0.4 is 5.73 Å². The molecule has 0 radical (unpaired) electrons. The predicted molar refractivity (Wildman–Crippen MR) is 137 cm³/mol. The number of carboxylic acids is 1. The van der Waals surface area contributed by atoms with Crippen molar-refractivity contribution in [3.05, 3.63) is 89.6 Å². The van der Waals surface area contributed by atoms with E-state index in [2.05, 4.69) is 16.5 Å². The molecule has 7 nitrogen and oxygen atoms in total. The van der Waals surface area contributed by atoms with Crippen LogP contribution in [-0.4, -0.2) is 31.4 Å². The van der Waals surface area contributed by atoms with Crippen LogP contribution in [0.3, 0.4) is 0 Å². The van der Waals surface area contributed by atoms with Gasteiger partial charge in [0.15, 0.2) is 5.78 Å². The van der Waals surface area contributed by atoms with Gasteiger partial charge in [-0.15, -0.1) is 0 Å². The minimum Gasteiger partial charge on any atom is -0.481 e. The summed E-state index contributed by atoms with van der Waals surface area (Å²) in [6.07, 6.45) is 6.22. The fourth-order valence-electron chi connectivity index (χ4n) is 4.59. The van der Waals surface area contributed by atoms with E-state index in [-0.39, 0.29) is 18.2 Å². The molecular weight excluding hydrogens is 440 g/mol. The van der Waals surface area contributed by atoms with Crippen molar-refractivity contribution in [1.82, 2.24) is 14.5 Å². The Morgan fingerprint density at radius 1 is 1.09 bits per heavy atom. The number of rotatable bonds is 8. The van der Waals surface area contributed by atoms with Gasteiger partial charge < -0.3 is 15.4 Å². The van der Waals surface area contributed by atoms with Gasteiger partial charge in [-0.1, -0.05) is 37.3 Å². The molecule has 1 atom stereocenters. The molecule has 0 amide bonds. The van der Waals surface area contributed by atoms with E-state index in [9.17, 15) is 14.7 Å². The van der Waals surface area contributed by atoms with E-state index in [0.29, 0.717) is 22.4 Å². The average Bonchev–Trinajstić information content (AvgIpc) is 3.18. The molecular formula is C28H28N4O3. The summed E-state index contributed by atoms with van der Waals surface area (Å²) < 4.78 is 2.14. The standard InChI is InChI=1S/C28H28N4O3/c1-4-24(23-10-5-6-11-30-23)32-16-22(20-9-7-8-19(12-20)13-26(34)35)28-25(32)14-21(15-31-28)27(17(2)29)18(3)33/h5-12,14-16,24H,4,13,29H2,1-3H3,(H,34,35)/t24-/m0/s1. The second-order valence-corrected chi connectivity index (χ2v) is 8.61. The van der Waals surface area contributed by atoms with Crippen molar-refractivity contribution < 1.29 is 14.7 Å². The number of aromatic nitrogens is 3. The number of ketones is 1. The maximum Gasteiger partial charge on any atom is 0.307 e. The summed E-state index contributed by atoms with van der Waals surface area (Å²) in [6, 6.07) is 15.2. The maximum absolute atomic E-state index is 12.3. The lowest BCUT2D eigenvalue weighted by Gasteiger charge is -2.18. The smallest absolute Gasteiger partial charge is 0.307 e. The molecule has 0 saturated heterocycles. The van der Waals surface area contributed by atoms with E-state index in [4.69, 9.17) is 10.7 Å². The van der Waals surface area contributed by atoms with Crippen LogP contribution >= 0.6 is 0 Å². The molecule has 4 aromatic rings. The highest BCUT2D eigenvalue weighted by Crippen LogP contribution is 2.35. The van der Waals surface area contributed by atoms with Crippen molar-refractivity contribution in [1.29, 1.82) is 0 Å². The summed E-state index contributed by atoms with van der Waals surface area (Å²) in [5.41, 5.74) is 12.6. The minimum atomic E-state index is -0.880. The lowest BCUT2D eigenvalue weighted by atomic mass is 10.0. The SMILES string of the molecule is CC[C@@H](c1ccccn1)n1cc(-c2cccc(CC(=O)O)c2)c2ncc(C(C(C)=O)=C(C)N)cc21. The summed E-state index contributed by atoms with van der Waals surface area (Å²) in [5.74, 6) is -1.00. The summed E-state index contributed by atoms with van der Waals surface area (Å²) in [7, 11) is 0. The first kappa shape index (κ1) is 23.9. The third-order valence-corrected chi connectivity index (χ3v) is 6.05. The highest BCUT2D eigenvalue weighted by molar-refractivity contribution is 6.20. The zero-order chi connectivity index (χ0) is 25.1. The number of pyridine rings is 2. The second-order valence-electron chi connectivity index (χ2n) is 8.61. The van der Waals surface area contributed by atoms with Crippen molar-refractivity contribution in [2.75, 3.05) is 0 Å². The Morgan fingerprint density at radius 2 is 1.89 bits per heavy atom. The van der Waals surface area contributed by atoms with Crippen LogP contribution in [-0.2, 0) is 16.0 Å². The summed E-state index contributed by atoms with van der Waals surface area (Å²) in [5, 5.41) is 9.24. The summed E-state index contributed by atoms with van der Waals surface area (Å²) in [4.78, 5) is 33.0. The van der Waals surface area contributed by atoms with Crippen molar-refractivity contribution in [2.24, 2.45) is 5.73 Å². The number of carbonyl (C=O) groups is 2. The van der Waals surface area contributed by atoms with Crippen molar-refractivity contribution >= 4 is 28.4 Å². The average molecular weight is 469 g/mol. The number of Topliss-reactive ketones (excluding diaryl/α,β-unsaturated/α-hetero) is 1. The Kier molecular flexibility index (Phi) is 6.78. The third kappa shape index (κ3) is 4.84. The van der Waals surface area contributed by atoms with Crippen LogP contribution in [0.15, 0.2) is 72.8 Å². The van der Waals surface area contributed by atoms with Crippen molar-refractivity contribution in [3.63, 3.8) is 0 Å². The molecule has 3 aromatic heterocycles. The van der Waals surface area contributed by atoms with Gasteiger partial charge in [0.1, 0.15) is 0 Å². The first-order chi connectivity index (χ1) is 16.8. The van der Waals surface area contributed by atoms with Crippen molar-refractivity contribution in [3.8, 4) is 11.1 Å². The van der Waals surface area contributed by atoms with Gasteiger partial charge in [0.2, 0.25) is 0 Å². The molecule has 35 heavy (non-hydrogen) atoms. The first-order valence-electron chi connectivity index (χ1n) is 11.5.